The summed E-state index contributed by atoms with van der Waals surface area (Å²) in [4.78, 5) is 10.9. The lowest BCUT2D eigenvalue weighted by molar-refractivity contribution is -0.140. The summed E-state index contributed by atoms with van der Waals surface area (Å²) in [6, 6.07) is 8.20. The Hall–Kier alpha value is -1.35. The smallest absolute Gasteiger partial charge is 0.305 e. The fourth-order valence-electron chi connectivity index (χ4n) is 1.49. The van der Waals surface area contributed by atoms with Gasteiger partial charge in [0.2, 0.25) is 0 Å². The van der Waals surface area contributed by atoms with Crippen LogP contribution in [0.5, 0.6) is 0 Å². The number of methoxy groups -OCH3 is 1. The van der Waals surface area contributed by atoms with Crippen LogP contribution in [0.1, 0.15) is 23.7 Å². The average Bonchev–Trinajstić information content (AvgIpc) is 3.10. The summed E-state index contributed by atoms with van der Waals surface area (Å²) >= 11 is 0. The first kappa shape index (κ1) is 10.2. The van der Waals surface area contributed by atoms with Crippen LogP contribution >= 0.6 is 0 Å². The Kier molecular flexibility index (Phi) is 3.02. The first-order chi connectivity index (χ1) is 7.29. The molecule has 1 aromatic rings. The Morgan fingerprint density at radius 1 is 1.47 bits per heavy atom. The molecule has 1 aliphatic rings. The molecule has 1 aromatic carbocycles. The molecule has 15 heavy (non-hydrogen) atoms. The van der Waals surface area contributed by atoms with Crippen LogP contribution in [0, 0.1) is 0 Å². The van der Waals surface area contributed by atoms with Crippen molar-refractivity contribution in [2.45, 2.75) is 18.9 Å². The molecular formula is C12H14O3. The van der Waals surface area contributed by atoms with Crippen molar-refractivity contribution < 1.29 is 14.3 Å². The third kappa shape index (κ3) is 2.80. The minimum Gasteiger partial charge on any atom is -0.469 e. The zero-order valence-electron chi connectivity index (χ0n) is 8.73. The summed E-state index contributed by atoms with van der Waals surface area (Å²) in [5.74, 6) is -0.162. The molecule has 1 heterocycles. The second-order valence-corrected chi connectivity index (χ2v) is 3.64. The monoisotopic (exact) mass is 206 g/mol. The predicted molar refractivity (Wildman–Crippen MR) is 55.5 cm³/mol. The molecule has 1 saturated heterocycles. The Balaban J connectivity index is 1.89. The minimum absolute atomic E-state index is 0.162. The van der Waals surface area contributed by atoms with Gasteiger partial charge in [-0.25, -0.2) is 0 Å². The van der Waals surface area contributed by atoms with E-state index in [9.17, 15) is 4.79 Å². The lowest BCUT2D eigenvalue weighted by Crippen LogP contribution is -2.01. The number of ether oxygens (including phenoxy) is 2. The van der Waals surface area contributed by atoms with Gasteiger partial charge in [-0.15, -0.1) is 0 Å². The van der Waals surface area contributed by atoms with Gasteiger partial charge >= 0.3 is 5.97 Å². The van der Waals surface area contributed by atoms with Gasteiger partial charge in [0, 0.05) is 6.42 Å². The fourth-order valence-corrected chi connectivity index (χ4v) is 1.49. The molecule has 0 radical (unpaired) electrons. The first-order valence-electron chi connectivity index (χ1n) is 5.07. The molecule has 3 heteroatoms. The molecule has 0 amide bonds. The van der Waals surface area contributed by atoms with Crippen LogP contribution in [0.3, 0.4) is 0 Å². The molecule has 0 unspecified atom stereocenters. The molecule has 1 aliphatic heterocycles. The van der Waals surface area contributed by atoms with Gasteiger partial charge < -0.3 is 9.47 Å². The van der Waals surface area contributed by atoms with E-state index in [1.54, 1.807) is 0 Å². The summed E-state index contributed by atoms with van der Waals surface area (Å²) in [6.45, 7) is 0.835. The number of epoxide rings is 1. The van der Waals surface area contributed by atoms with Crippen LogP contribution in [0.15, 0.2) is 24.3 Å². The number of carbonyl (C=O) groups is 1. The summed E-state index contributed by atoms with van der Waals surface area (Å²) in [6.07, 6.45) is 1.48. The van der Waals surface area contributed by atoms with E-state index in [0.717, 1.165) is 18.6 Å². The van der Waals surface area contributed by atoms with Crippen LogP contribution in [-0.4, -0.2) is 19.7 Å². The predicted octanol–water partition coefficient (Wildman–Crippen LogP) is 1.86. The molecule has 0 saturated carbocycles. The Morgan fingerprint density at radius 2 is 2.13 bits per heavy atom. The summed E-state index contributed by atoms with van der Waals surface area (Å²) in [5.41, 5.74) is 2.38. The van der Waals surface area contributed by atoms with Gasteiger partial charge in [0.05, 0.1) is 13.7 Å². The second kappa shape index (κ2) is 4.45. The molecule has 0 aliphatic carbocycles. The van der Waals surface area contributed by atoms with Crippen LogP contribution in [0.4, 0.5) is 0 Å². The zero-order chi connectivity index (χ0) is 10.7. The maximum absolute atomic E-state index is 10.9. The van der Waals surface area contributed by atoms with E-state index < -0.39 is 0 Å². The van der Waals surface area contributed by atoms with Crippen molar-refractivity contribution in [3.63, 3.8) is 0 Å². The third-order valence-corrected chi connectivity index (χ3v) is 2.53. The number of rotatable bonds is 4. The van der Waals surface area contributed by atoms with E-state index in [1.165, 1.54) is 12.7 Å². The Morgan fingerprint density at radius 3 is 2.67 bits per heavy atom. The first-order valence-corrected chi connectivity index (χ1v) is 5.07. The average molecular weight is 206 g/mol. The number of hydrogen-bond donors (Lipinski definition) is 0. The van der Waals surface area contributed by atoms with Crippen molar-refractivity contribution in [2.24, 2.45) is 0 Å². The van der Waals surface area contributed by atoms with Crippen LogP contribution in [-0.2, 0) is 20.7 Å². The highest BCUT2D eigenvalue weighted by atomic mass is 16.6. The molecule has 1 fully saturated rings. The van der Waals surface area contributed by atoms with Crippen LogP contribution in [0.2, 0.25) is 0 Å². The van der Waals surface area contributed by atoms with Gasteiger partial charge in [0.1, 0.15) is 6.10 Å². The number of aryl methyl sites for hydroxylation is 1. The second-order valence-electron chi connectivity index (χ2n) is 3.64. The maximum atomic E-state index is 10.9. The lowest BCUT2D eigenvalue weighted by atomic mass is 10.1. The van der Waals surface area contributed by atoms with E-state index in [2.05, 4.69) is 16.9 Å². The largest absolute Gasteiger partial charge is 0.469 e. The topological polar surface area (TPSA) is 38.8 Å². The van der Waals surface area contributed by atoms with E-state index in [1.807, 2.05) is 12.1 Å². The van der Waals surface area contributed by atoms with E-state index in [0.29, 0.717) is 12.5 Å². The van der Waals surface area contributed by atoms with Gasteiger partial charge in [-0.05, 0) is 17.5 Å². The highest BCUT2D eigenvalue weighted by Crippen LogP contribution is 2.29. The summed E-state index contributed by atoms with van der Waals surface area (Å²) in [7, 11) is 1.41. The molecule has 80 valence electrons. The molecule has 1 atom stereocenters. The lowest BCUT2D eigenvalue weighted by Gasteiger charge is -2.01. The number of carbonyl (C=O) groups excluding carboxylic acids is 1. The van der Waals surface area contributed by atoms with Crippen LogP contribution in [0.25, 0.3) is 0 Å². The van der Waals surface area contributed by atoms with Crippen molar-refractivity contribution in [1.29, 1.82) is 0 Å². The highest BCUT2D eigenvalue weighted by molar-refractivity contribution is 5.69. The fraction of sp³-hybridized carbons (Fsp3) is 0.417. The van der Waals surface area contributed by atoms with Crippen molar-refractivity contribution in [1.82, 2.24) is 0 Å². The number of benzene rings is 1. The number of esters is 1. The van der Waals surface area contributed by atoms with E-state index in [-0.39, 0.29) is 5.97 Å². The van der Waals surface area contributed by atoms with E-state index in [4.69, 9.17) is 4.74 Å². The Labute approximate surface area is 89.0 Å². The molecule has 0 N–H and O–H groups in total. The van der Waals surface area contributed by atoms with Crippen LogP contribution < -0.4 is 0 Å². The summed E-state index contributed by atoms with van der Waals surface area (Å²) < 4.78 is 9.76. The minimum atomic E-state index is -0.162. The van der Waals surface area contributed by atoms with Crippen molar-refractivity contribution in [2.75, 3.05) is 13.7 Å². The van der Waals surface area contributed by atoms with Gasteiger partial charge in [0.15, 0.2) is 0 Å². The third-order valence-electron chi connectivity index (χ3n) is 2.53. The molecule has 3 nitrogen and oxygen atoms in total. The molecule has 0 aromatic heterocycles. The van der Waals surface area contributed by atoms with E-state index >= 15 is 0 Å². The SMILES string of the molecule is COC(=O)CCc1ccc([C@@H]2CO2)cc1. The molecular weight excluding hydrogens is 192 g/mol. The molecule has 2 rings (SSSR count). The standard InChI is InChI=1S/C12H14O3/c1-14-12(13)7-4-9-2-5-10(6-3-9)11-8-15-11/h2-3,5-6,11H,4,7-8H2,1H3/t11-/m0/s1. The molecule has 0 spiro atoms. The zero-order valence-corrected chi connectivity index (χ0v) is 8.73. The maximum Gasteiger partial charge on any atom is 0.305 e. The van der Waals surface area contributed by atoms with Gasteiger partial charge in [-0.1, -0.05) is 24.3 Å². The quantitative estimate of drug-likeness (QED) is 0.557. The molecule has 0 bridgehead atoms. The van der Waals surface area contributed by atoms with Crippen molar-refractivity contribution in [3.8, 4) is 0 Å². The van der Waals surface area contributed by atoms with Gasteiger partial charge in [0.25, 0.3) is 0 Å². The van der Waals surface area contributed by atoms with Gasteiger partial charge in [-0.3, -0.25) is 4.79 Å². The Bertz CT molecular complexity index is 338. The van der Waals surface area contributed by atoms with Crippen molar-refractivity contribution >= 4 is 5.97 Å². The normalized spacial score (nSPS) is 18.6. The van der Waals surface area contributed by atoms with Crippen molar-refractivity contribution in [3.05, 3.63) is 35.4 Å². The highest BCUT2D eigenvalue weighted by Gasteiger charge is 2.24. The number of hydrogen-bond acceptors (Lipinski definition) is 3. The summed E-state index contributed by atoms with van der Waals surface area (Å²) in [5, 5.41) is 0. The van der Waals surface area contributed by atoms with Gasteiger partial charge in [-0.2, -0.15) is 0 Å².